The Kier molecular flexibility index (Phi) is 7.29. The van der Waals surface area contributed by atoms with Gasteiger partial charge in [0.25, 0.3) is 0 Å². The van der Waals surface area contributed by atoms with Crippen LogP contribution in [0.5, 0.6) is 0 Å². The summed E-state index contributed by atoms with van der Waals surface area (Å²) in [5, 5.41) is 4.52. The second-order valence-electron chi connectivity index (χ2n) is 6.52. The van der Waals surface area contributed by atoms with Gasteiger partial charge in [0, 0.05) is 36.8 Å². The first-order valence-electron chi connectivity index (χ1n) is 7.87. The Labute approximate surface area is 138 Å². The number of aryl methyl sites for hydroxylation is 1. The third-order valence-corrected chi connectivity index (χ3v) is 4.13. The summed E-state index contributed by atoms with van der Waals surface area (Å²) in [5.74, 6) is 0. The first-order chi connectivity index (χ1) is 10.2. The average Bonchev–Trinajstić information content (AvgIpc) is 2.83. The molecule has 0 spiro atoms. The van der Waals surface area contributed by atoms with Crippen LogP contribution in [-0.4, -0.2) is 40.7 Å². The fourth-order valence-electron chi connectivity index (χ4n) is 1.89. The van der Waals surface area contributed by atoms with E-state index < -0.39 is 5.60 Å². The van der Waals surface area contributed by atoms with E-state index in [2.05, 4.69) is 17.2 Å². The molecule has 0 saturated heterocycles. The first kappa shape index (κ1) is 18.9. The highest BCUT2D eigenvalue weighted by Crippen LogP contribution is 2.13. The van der Waals surface area contributed by atoms with Crippen LogP contribution in [0.3, 0.4) is 0 Å². The zero-order valence-corrected chi connectivity index (χ0v) is 15.4. The minimum absolute atomic E-state index is 0.117. The Balaban J connectivity index is 2.39. The molecule has 0 aliphatic carbocycles. The van der Waals surface area contributed by atoms with Crippen molar-refractivity contribution >= 4 is 17.4 Å². The van der Waals surface area contributed by atoms with E-state index in [0.717, 1.165) is 24.5 Å². The Morgan fingerprint density at radius 3 is 2.64 bits per heavy atom. The van der Waals surface area contributed by atoms with Crippen molar-refractivity contribution in [1.82, 2.24) is 15.2 Å². The molecule has 0 unspecified atom stereocenters. The molecule has 0 aliphatic rings. The van der Waals surface area contributed by atoms with Crippen molar-refractivity contribution < 1.29 is 9.53 Å². The van der Waals surface area contributed by atoms with Gasteiger partial charge in [0.05, 0.1) is 5.01 Å². The number of nitrogens with one attached hydrogen (secondary N) is 1. The number of nitrogens with zero attached hydrogens (tertiary/aromatic N) is 2. The fraction of sp³-hybridized carbons (Fsp3) is 0.750. The monoisotopic (exact) mass is 327 g/mol. The molecule has 1 heterocycles. The van der Waals surface area contributed by atoms with Gasteiger partial charge in [-0.15, -0.1) is 11.3 Å². The smallest absolute Gasteiger partial charge is 0.410 e. The average molecular weight is 327 g/mol. The molecule has 0 aliphatic heterocycles. The normalized spacial score (nSPS) is 11.8. The number of rotatable bonds is 7. The van der Waals surface area contributed by atoms with Crippen LogP contribution in [0.25, 0.3) is 0 Å². The molecule has 0 aromatic carbocycles. The Morgan fingerprint density at radius 2 is 2.14 bits per heavy atom. The number of carbonyl (C=O) groups is 1. The third kappa shape index (κ3) is 6.75. The van der Waals surface area contributed by atoms with Crippen LogP contribution in [-0.2, 0) is 17.7 Å². The zero-order valence-electron chi connectivity index (χ0n) is 14.6. The molecule has 22 heavy (non-hydrogen) atoms. The maximum Gasteiger partial charge on any atom is 0.410 e. The van der Waals surface area contributed by atoms with Crippen LogP contribution in [0.15, 0.2) is 6.20 Å². The van der Waals surface area contributed by atoms with Gasteiger partial charge in [0.2, 0.25) is 0 Å². The number of ether oxygens (including phenoxy) is 1. The molecule has 5 nitrogen and oxygen atoms in total. The van der Waals surface area contributed by atoms with Crippen molar-refractivity contribution in [2.75, 3.05) is 13.1 Å². The SMILES string of the molecule is CCc1ncc(CNCCN(C(=O)OC(C)(C)C)C(C)C)s1. The molecule has 6 heteroatoms. The molecule has 1 aromatic rings. The van der Waals surface area contributed by atoms with Gasteiger partial charge in [0.15, 0.2) is 0 Å². The molecule has 0 saturated carbocycles. The van der Waals surface area contributed by atoms with E-state index in [9.17, 15) is 4.79 Å². The minimum Gasteiger partial charge on any atom is -0.444 e. The van der Waals surface area contributed by atoms with E-state index in [1.807, 2.05) is 40.8 Å². The van der Waals surface area contributed by atoms with Gasteiger partial charge in [-0.3, -0.25) is 0 Å². The number of amides is 1. The van der Waals surface area contributed by atoms with Crippen LogP contribution in [0.2, 0.25) is 0 Å². The second-order valence-corrected chi connectivity index (χ2v) is 7.72. The highest BCUT2D eigenvalue weighted by atomic mass is 32.1. The quantitative estimate of drug-likeness (QED) is 0.780. The predicted molar refractivity (Wildman–Crippen MR) is 91.3 cm³/mol. The third-order valence-electron chi connectivity index (χ3n) is 2.98. The van der Waals surface area contributed by atoms with Gasteiger partial charge >= 0.3 is 6.09 Å². The zero-order chi connectivity index (χ0) is 16.8. The number of aromatic nitrogens is 1. The highest BCUT2D eigenvalue weighted by molar-refractivity contribution is 7.11. The maximum absolute atomic E-state index is 12.2. The topological polar surface area (TPSA) is 54.5 Å². The molecular weight excluding hydrogens is 298 g/mol. The van der Waals surface area contributed by atoms with Gasteiger partial charge in [-0.25, -0.2) is 9.78 Å². The van der Waals surface area contributed by atoms with E-state index in [4.69, 9.17) is 4.74 Å². The fourth-order valence-corrected chi connectivity index (χ4v) is 2.72. The van der Waals surface area contributed by atoms with E-state index >= 15 is 0 Å². The molecule has 0 atom stereocenters. The van der Waals surface area contributed by atoms with Crippen molar-refractivity contribution in [3.05, 3.63) is 16.1 Å². The summed E-state index contributed by atoms with van der Waals surface area (Å²) in [6.45, 7) is 13.9. The van der Waals surface area contributed by atoms with Crippen molar-refractivity contribution in [2.24, 2.45) is 0 Å². The van der Waals surface area contributed by atoms with E-state index in [1.54, 1.807) is 16.2 Å². The molecule has 0 fully saturated rings. The van der Waals surface area contributed by atoms with Crippen LogP contribution in [0.4, 0.5) is 4.79 Å². The summed E-state index contributed by atoms with van der Waals surface area (Å²) in [6, 6.07) is 0.117. The van der Waals surface area contributed by atoms with Crippen LogP contribution < -0.4 is 5.32 Å². The van der Waals surface area contributed by atoms with Crippen LogP contribution in [0, 0.1) is 0 Å². The number of hydrogen-bond acceptors (Lipinski definition) is 5. The minimum atomic E-state index is -0.461. The number of thiazole rings is 1. The largest absolute Gasteiger partial charge is 0.444 e. The Morgan fingerprint density at radius 1 is 1.45 bits per heavy atom. The summed E-state index contributed by atoms with van der Waals surface area (Å²) in [7, 11) is 0. The lowest BCUT2D eigenvalue weighted by atomic mass is 10.2. The van der Waals surface area contributed by atoms with E-state index in [1.165, 1.54) is 4.88 Å². The Bertz CT molecular complexity index is 466. The van der Waals surface area contributed by atoms with Crippen molar-refractivity contribution in [3.8, 4) is 0 Å². The van der Waals surface area contributed by atoms with Gasteiger partial charge in [-0.05, 0) is 41.0 Å². The van der Waals surface area contributed by atoms with Crippen LogP contribution in [0.1, 0.15) is 51.4 Å². The van der Waals surface area contributed by atoms with Crippen molar-refractivity contribution in [1.29, 1.82) is 0 Å². The lowest BCUT2D eigenvalue weighted by molar-refractivity contribution is 0.0193. The summed E-state index contributed by atoms with van der Waals surface area (Å²) < 4.78 is 5.45. The predicted octanol–water partition coefficient (Wildman–Crippen LogP) is 3.44. The summed E-state index contributed by atoms with van der Waals surface area (Å²) in [6.07, 6.45) is 2.64. The number of hydrogen-bond donors (Lipinski definition) is 1. The lowest BCUT2D eigenvalue weighted by Gasteiger charge is -2.30. The van der Waals surface area contributed by atoms with Gasteiger partial charge < -0.3 is 15.0 Å². The molecule has 1 N–H and O–H groups in total. The summed E-state index contributed by atoms with van der Waals surface area (Å²) in [5.41, 5.74) is -0.461. The van der Waals surface area contributed by atoms with Gasteiger partial charge in [-0.2, -0.15) is 0 Å². The molecule has 1 amide bonds. The molecule has 1 rings (SSSR count). The van der Waals surface area contributed by atoms with Gasteiger partial charge in [-0.1, -0.05) is 6.92 Å². The molecule has 1 aromatic heterocycles. The molecule has 0 bridgehead atoms. The van der Waals surface area contributed by atoms with E-state index in [0.29, 0.717) is 6.54 Å². The first-order valence-corrected chi connectivity index (χ1v) is 8.68. The standard InChI is InChI=1S/C16H29N3O2S/c1-7-14-18-11-13(22-14)10-17-8-9-19(12(2)3)15(20)21-16(4,5)6/h11-12,17H,7-10H2,1-6H3. The molecule has 126 valence electrons. The Hall–Kier alpha value is -1.14. The van der Waals surface area contributed by atoms with E-state index in [-0.39, 0.29) is 12.1 Å². The van der Waals surface area contributed by atoms with Crippen molar-refractivity contribution in [2.45, 2.75) is 66.2 Å². The van der Waals surface area contributed by atoms with Gasteiger partial charge in [0.1, 0.15) is 5.60 Å². The highest BCUT2D eigenvalue weighted by Gasteiger charge is 2.23. The lowest BCUT2D eigenvalue weighted by Crippen LogP contribution is -2.44. The molecule has 0 radical (unpaired) electrons. The van der Waals surface area contributed by atoms with Crippen LogP contribution >= 0.6 is 11.3 Å². The molecular formula is C16H29N3O2S. The second kappa shape index (κ2) is 8.48. The summed E-state index contributed by atoms with van der Waals surface area (Å²) in [4.78, 5) is 19.5. The number of carbonyl (C=O) groups excluding carboxylic acids is 1. The van der Waals surface area contributed by atoms with Crippen molar-refractivity contribution in [3.63, 3.8) is 0 Å². The maximum atomic E-state index is 12.2. The summed E-state index contributed by atoms with van der Waals surface area (Å²) >= 11 is 1.73.